The Morgan fingerprint density at radius 3 is 2.35 bits per heavy atom. The maximum Gasteiger partial charge on any atom is 0.299 e. The van der Waals surface area contributed by atoms with Crippen molar-refractivity contribution in [2.24, 2.45) is 0 Å². The zero-order chi connectivity index (χ0) is 18.5. The van der Waals surface area contributed by atoms with Gasteiger partial charge in [-0.15, -0.1) is 0 Å². The van der Waals surface area contributed by atoms with Crippen molar-refractivity contribution in [2.45, 2.75) is 20.4 Å². The van der Waals surface area contributed by atoms with E-state index in [4.69, 9.17) is 4.74 Å². The van der Waals surface area contributed by atoms with Gasteiger partial charge in [0.15, 0.2) is 0 Å². The Hall–Kier alpha value is -2.66. The summed E-state index contributed by atoms with van der Waals surface area (Å²) in [5.41, 5.74) is 2.12. The number of nitrogens with zero attached hydrogens (tertiary/aromatic N) is 2. The smallest absolute Gasteiger partial charge is 0.299 e. The molecule has 5 heteroatoms. The average molecular weight is 352 g/mol. The van der Waals surface area contributed by atoms with Crippen molar-refractivity contribution < 1.29 is 14.3 Å². The largest absolute Gasteiger partial charge is 0.492 e. The van der Waals surface area contributed by atoms with Crippen LogP contribution >= 0.6 is 0 Å². The number of rotatable bonds is 8. The van der Waals surface area contributed by atoms with Crippen LogP contribution in [0.2, 0.25) is 0 Å². The number of hydrogen-bond acceptors (Lipinski definition) is 4. The van der Waals surface area contributed by atoms with E-state index >= 15 is 0 Å². The summed E-state index contributed by atoms with van der Waals surface area (Å²) >= 11 is 0. The minimum Gasteiger partial charge on any atom is -0.492 e. The van der Waals surface area contributed by atoms with Gasteiger partial charge in [-0.2, -0.15) is 0 Å². The minimum atomic E-state index is -0.467. The molecule has 0 spiro atoms. The summed E-state index contributed by atoms with van der Waals surface area (Å²) in [5, 5.41) is 0. The Labute approximate surface area is 154 Å². The van der Waals surface area contributed by atoms with Crippen molar-refractivity contribution >= 4 is 17.4 Å². The highest BCUT2D eigenvalue weighted by atomic mass is 16.5. The molecular weight excluding hydrogens is 328 g/mol. The fourth-order valence-corrected chi connectivity index (χ4v) is 3.11. The molecule has 0 N–H and O–H groups in total. The molecule has 0 unspecified atom stereocenters. The SMILES string of the molecule is CCN(CC)CCOc1ccc(CN2C(=O)C(=O)c3ccccc32)cc1. The molecule has 0 saturated heterocycles. The van der Waals surface area contributed by atoms with E-state index in [0.29, 0.717) is 24.4 Å². The van der Waals surface area contributed by atoms with Gasteiger partial charge in [0.2, 0.25) is 0 Å². The molecule has 1 aliphatic rings. The van der Waals surface area contributed by atoms with Crippen LogP contribution in [0.15, 0.2) is 48.5 Å². The summed E-state index contributed by atoms with van der Waals surface area (Å²) in [7, 11) is 0. The second-order valence-electron chi connectivity index (χ2n) is 6.26. The number of ketones is 1. The summed E-state index contributed by atoms with van der Waals surface area (Å²) in [4.78, 5) is 28.1. The van der Waals surface area contributed by atoms with Crippen LogP contribution in [0.3, 0.4) is 0 Å². The highest BCUT2D eigenvalue weighted by molar-refractivity contribution is 6.52. The monoisotopic (exact) mass is 352 g/mol. The maximum absolute atomic E-state index is 12.2. The molecule has 1 aliphatic heterocycles. The first kappa shape index (κ1) is 18.1. The summed E-state index contributed by atoms with van der Waals surface area (Å²) in [6.07, 6.45) is 0. The van der Waals surface area contributed by atoms with Crippen molar-refractivity contribution in [3.63, 3.8) is 0 Å². The van der Waals surface area contributed by atoms with Gasteiger partial charge in [0.1, 0.15) is 12.4 Å². The number of amides is 1. The normalized spacial score (nSPS) is 13.4. The molecule has 2 aromatic rings. The first-order chi connectivity index (χ1) is 12.6. The van der Waals surface area contributed by atoms with Crippen LogP contribution in [0, 0.1) is 0 Å². The van der Waals surface area contributed by atoms with Gasteiger partial charge >= 0.3 is 0 Å². The van der Waals surface area contributed by atoms with Gasteiger partial charge in [-0.3, -0.25) is 9.59 Å². The molecule has 0 aliphatic carbocycles. The number of Topliss-reactive ketones (excluding diaryl/α,β-unsaturated/α-hetero) is 1. The van der Waals surface area contributed by atoms with Gasteiger partial charge in [-0.25, -0.2) is 0 Å². The maximum atomic E-state index is 12.2. The summed E-state index contributed by atoms with van der Waals surface area (Å²) < 4.78 is 5.78. The van der Waals surface area contributed by atoms with E-state index in [9.17, 15) is 9.59 Å². The van der Waals surface area contributed by atoms with Crippen LogP contribution in [-0.2, 0) is 11.3 Å². The van der Waals surface area contributed by atoms with Crippen LogP contribution < -0.4 is 9.64 Å². The molecule has 2 aromatic carbocycles. The average Bonchev–Trinajstić information content (AvgIpc) is 2.92. The summed E-state index contributed by atoms with van der Waals surface area (Å²) in [6.45, 7) is 8.23. The Kier molecular flexibility index (Phi) is 5.68. The lowest BCUT2D eigenvalue weighted by Gasteiger charge is -2.18. The van der Waals surface area contributed by atoms with Gasteiger partial charge in [0, 0.05) is 6.54 Å². The number of hydrogen-bond donors (Lipinski definition) is 0. The van der Waals surface area contributed by atoms with Crippen LogP contribution in [0.4, 0.5) is 5.69 Å². The summed E-state index contributed by atoms with van der Waals surface area (Å²) in [5.74, 6) is -0.0900. The fourth-order valence-electron chi connectivity index (χ4n) is 3.11. The molecular formula is C21H24N2O3. The van der Waals surface area contributed by atoms with Crippen molar-refractivity contribution in [3.8, 4) is 5.75 Å². The number of carbonyl (C=O) groups excluding carboxylic acids is 2. The van der Waals surface area contributed by atoms with Gasteiger partial charge < -0.3 is 14.5 Å². The number of likely N-dealkylation sites (N-methyl/N-ethyl adjacent to an activating group) is 1. The third-order valence-electron chi connectivity index (χ3n) is 4.71. The van der Waals surface area contributed by atoms with Gasteiger partial charge in [0.25, 0.3) is 11.7 Å². The number of fused-ring (bicyclic) bond motifs is 1. The third kappa shape index (κ3) is 3.78. The van der Waals surface area contributed by atoms with Crippen LogP contribution in [0.1, 0.15) is 29.8 Å². The van der Waals surface area contributed by atoms with E-state index in [1.54, 1.807) is 12.1 Å². The van der Waals surface area contributed by atoms with Crippen molar-refractivity contribution in [1.82, 2.24) is 4.90 Å². The molecule has 3 rings (SSSR count). The van der Waals surface area contributed by atoms with Gasteiger partial charge in [-0.1, -0.05) is 38.1 Å². The Bertz CT molecular complexity index is 782. The number of benzene rings is 2. The highest BCUT2D eigenvalue weighted by Crippen LogP contribution is 2.30. The molecule has 0 radical (unpaired) electrons. The van der Waals surface area contributed by atoms with Crippen molar-refractivity contribution in [2.75, 3.05) is 31.1 Å². The molecule has 136 valence electrons. The molecule has 0 aromatic heterocycles. The molecule has 26 heavy (non-hydrogen) atoms. The Morgan fingerprint density at radius 1 is 0.962 bits per heavy atom. The second kappa shape index (κ2) is 8.15. The fraction of sp³-hybridized carbons (Fsp3) is 0.333. The predicted octanol–water partition coefficient (Wildman–Crippen LogP) is 3.14. The van der Waals surface area contributed by atoms with Crippen LogP contribution in [-0.4, -0.2) is 42.8 Å². The van der Waals surface area contributed by atoms with Crippen LogP contribution in [0.5, 0.6) is 5.75 Å². The molecule has 0 atom stereocenters. The molecule has 1 heterocycles. The van der Waals surface area contributed by atoms with Crippen molar-refractivity contribution in [1.29, 1.82) is 0 Å². The Morgan fingerprint density at radius 2 is 1.65 bits per heavy atom. The number of ether oxygens (including phenoxy) is 1. The lowest BCUT2D eigenvalue weighted by molar-refractivity contribution is -0.114. The number of anilines is 1. The van der Waals surface area contributed by atoms with E-state index < -0.39 is 11.7 Å². The van der Waals surface area contributed by atoms with E-state index in [-0.39, 0.29) is 0 Å². The molecule has 0 bridgehead atoms. The minimum absolute atomic E-state index is 0.376. The molecule has 0 saturated carbocycles. The van der Waals surface area contributed by atoms with Gasteiger partial charge in [-0.05, 0) is 42.9 Å². The van der Waals surface area contributed by atoms with Crippen molar-refractivity contribution in [3.05, 3.63) is 59.7 Å². The zero-order valence-corrected chi connectivity index (χ0v) is 15.3. The lowest BCUT2D eigenvalue weighted by atomic mass is 10.1. The summed E-state index contributed by atoms with van der Waals surface area (Å²) in [6, 6.07) is 14.8. The van der Waals surface area contributed by atoms with Gasteiger partial charge in [0.05, 0.1) is 17.8 Å². The van der Waals surface area contributed by atoms with E-state index in [0.717, 1.165) is 30.9 Å². The van der Waals surface area contributed by atoms with E-state index in [1.165, 1.54) is 4.90 Å². The standard InChI is InChI=1S/C21H24N2O3/c1-3-22(4-2)13-14-26-17-11-9-16(10-12-17)15-23-19-8-6-5-7-18(19)20(24)21(23)25/h5-12H,3-4,13-15H2,1-2H3. The molecule has 0 fully saturated rings. The molecule has 5 nitrogen and oxygen atoms in total. The second-order valence-corrected chi connectivity index (χ2v) is 6.26. The number of para-hydroxylation sites is 1. The third-order valence-corrected chi connectivity index (χ3v) is 4.71. The first-order valence-electron chi connectivity index (χ1n) is 9.03. The quantitative estimate of drug-likeness (QED) is 0.685. The number of carbonyl (C=O) groups is 2. The Balaban J connectivity index is 1.61. The van der Waals surface area contributed by atoms with Crippen LogP contribution in [0.25, 0.3) is 0 Å². The highest BCUT2D eigenvalue weighted by Gasteiger charge is 2.35. The predicted molar refractivity (Wildman–Crippen MR) is 102 cm³/mol. The lowest BCUT2D eigenvalue weighted by Crippen LogP contribution is -2.29. The first-order valence-corrected chi connectivity index (χ1v) is 9.03. The topological polar surface area (TPSA) is 49.9 Å². The zero-order valence-electron chi connectivity index (χ0n) is 15.3. The van der Waals surface area contributed by atoms with E-state index in [2.05, 4.69) is 18.7 Å². The molecule has 1 amide bonds. The van der Waals surface area contributed by atoms with E-state index in [1.807, 2.05) is 36.4 Å².